The van der Waals surface area contributed by atoms with E-state index >= 15 is 0 Å². The van der Waals surface area contributed by atoms with E-state index in [4.69, 9.17) is 4.74 Å². The Hall–Kier alpha value is -0.430. The van der Waals surface area contributed by atoms with E-state index in [-0.39, 0.29) is 50.5 Å². The van der Waals surface area contributed by atoms with Gasteiger partial charge in [0, 0.05) is 0 Å². The van der Waals surface area contributed by atoms with Crippen LogP contribution in [0.1, 0.15) is 66.7 Å². The van der Waals surface area contributed by atoms with E-state index in [1.165, 1.54) is 21.4 Å². The van der Waals surface area contributed by atoms with Crippen molar-refractivity contribution in [1.29, 1.82) is 0 Å². The maximum absolute atomic E-state index is 12.0. The molecule has 0 aromatic heterocycles. The number of aliphatic hydroxyl groups is 1. The van der Waals surface area contributed by atoms with E-state index < -0.39 is 5.60 Å². The molecule has 1 saturated heterocycles. The second kappa shape index (κ2) is 7.32. The minimum absolute atomic E-state index is 0.0823. The summed E-state index contributed by atoms with van der Waals surface area (Å²) in [5.41, 5.74) is -0.666. The number of fused-ring (bicyclic) bond motifs is 5. The zero-order valence-corrected chi connectivity index (χ0v) is 20.6. The summed E-state index contributed by atoms with van der Waals surface area (Å²) in [6.45, 7) is 10.5. The zero-order valence-electron chi connectivity index (χ0n) is 18.5. The van der Waals surface area contributed by atoms with Crippen LogP contribution in [0.4, 0.5) is 0 Å². The summed E-state index contributed by atoms with van der Waals surface area (Å²) < 4.78 is 8.07. The summed E-state index contributed by atoms with van der Waals surface area (Å²) in [6, 6.07) is 0. The number of carbonyl (C=O) groups excluding carboxylic acids is 2. The molecule has 1 N–H and O–H groups in total. The van der Waals surface area contributed by atoms with Crippen LogP contribution in [-0.2, 0) is 14.3 Å². The fourth-order valence-electron chi connectivity index (χ4n) is 7.93. The normalized spacial score (nSPS) is 46.3. The van der Waals surface area contributed by atoms with Crippen LogP contribution in [0.5, 0.6) is 0 Å². The van der Waals surface area contributed by atoms with Crippen LogP contribution in [0.15, 0.2) is 9.66 Å². The van der Waals surface area contributed by atoms with Gasteiger partial charge in [-0.1, -0.05) is 0 Å². The van der Waals surface area contributed by atoms with Crippen LogP contribution >= 0.6 is 0 Å². The monoisotopic (exact) mass is 515 g/mol. The van der Waals surface area contributed by atoms with E-state index in [9.17, 15) is 14.7 Å². The molecule has 0 aromatic rings. The Labute approximate surface area is 185 Å². The number of alkyl halides is 1. The fourth-order valence-corrected chi connectivity index (χ4v) is 12.2. The molecule has 8 atom stereocenters. The molecule has 0 spiro atoms. The number of allylic oxidation sites excluding steroid dienone is 2. The molecule has 4 aliphatic rings. The van der Waals surface area contributed by atoms with Gasteiger partial charge in [0.05, 0.1) is 0 Å². The first-order chi connectivity index (χ1) is 13.5. The van der Waals surface area contributed by atoms with Gasteiger partial charge in [-0.15, -0.1) is 0 Å². The van der Waals surface area contributed by atoms with Gasteiger partial charge in [0.2, 0.25) is 0 Å². The van der Waals surface area contributed by atoms with Crippen LogP contribution in [0.3, 0.4) is 0 Å². The van der Waals surface area contributed by atoms with Crippen LogP contribution in [-0.4, -0.2) is 33.5 Å². The SMILES string of the molecule is CC(=O)OCC(C)(O)[C@H]1[C@@H](C)CC2C3C[I-]C4=CC(=O)CCC4(C)C3CC[C@@]21C. The van der Waals surface area contributed by atoms with Gasteiger partial charge < -0.3 is 0 Å². The van der Waals surface area contributed by atoms with E-state index in [0.29, 0.717) is 35.9 Å². The maximum atomic E-state index is 12.0. The van der Waals surface area contributed by atoms with Gasteiger partial charge in [-0.3, -0.25) is 0 Å². The minimum atomic E-state index is -0.989. The summed E-state index contributed by atoms with van der Waals surface area (Å²) in [7, 11) is 0. The molecule has 0 amide bonds. The van der Waals surface area contributed by atoms with Crippen molar-refractivity contribution < 1.29 is 40.6 Å². The van der Waals surface area contributed by atoms with Gasteiger partial charge >= 0.3 is 186 Å². The number of ketones is 1. The molecule has 0 radical (unpaired) electrons. The van der Waals surface area contributed by atoms with Crippen LogP contribution in [0.2, 0.25) is 0 Å². The Balaban J connectivity index is 1.62. The summed E-state index contributed by atoms with van der Waals surface area (Å²) in [4.78, 5) is 23.4. The number of halogens is 1. The molecule has 5 heteroatoms. The van der Waals surface area contributed by atoms with Gasteiger partial charge in [0.15, 0.2) is 0 Å². The van der Waals surface area contributed by atoms with E-state index in [1.807, 2.05) is 13.0 Å². The summed E-state index contributed by atoms with van der Waals surface area (Å²) in [6.07, 6.45) is 7.24. The Morgan fingerprint density at radius 3 is 2.76 bits per heavy atom. The number of carbonyl (C=O) groups is 2. The van der Waals surface area contributed by atoms with Crippen molar-refractivity contribution in [3.8, 4) is 0 Å². The molecule has 3 aliphatic carbocycles. The average Bonchev–Trinajstić information content (AvgIpc) is 2.91. The molecule has 3 fully saturated rings. The van der Waals surface area contributed by atoms with Crippen molar-refractivity contribution in [1.82, 2.24) is 0 Å². The third-order valence-electron chi connectivity index (χ3n) is 8.96. The Morgan fingerprint density at radius 2 is 2.07 bits per heavy atom. The molecule has 0 aromatic carbocycles. The molecular formula is C24H36IO4-. The molecule has 0 bridgehead atoms. The van der Waals surface area contributed by atoms with Crippen molar-refractivity contribution in [2.75, 3.05) is 11.0 Å². The van der Waals surface area contributed by atoms with Crippen molar-refractivity contribution in [2.45, 2.75) is 72.3 Å². The summed E-state index contributed by atoms with van der Waals surface area (Å²) in [5, 5.41) is 11.4. The molecule has 164 valence electrons. The van der Waals surface area contributed by atoms with Gasteiger partial charge in [0.25, 0.3) is 0 Å². The van der Waals surface area contributed by atoms with E-state index in [2.05, 4.69) is 20.8 Å². The first-order valence-corrected chi connectivity index (χ1v) is 13.8. The van der Waals surface area contributed by atoms with Crippen molar-refractivity contribution in [3.63, 3.8) is 0 Å². The number of esters is 1. The second-order valence-electron chi connectivity index (χ2n) is 10.9. The van der Waals surface area contributed by atoms with Crippen LogP contribution in [0, 0.1) is 40.4 Å². The fraction of sp³-hybridized carbons (Fsp3) is 0.833. The molecule has 29 heavy (non-hydrogen) atoms. The Morgan fingerprint density at radius 1 is 1.34 bits per heavy atom. The zero-order chi connectivity index (χ0) is 21.2. The molecule has 1 aliphatic heterocycles. The molecule has 4 nitrogen and oxygen atoms in total. The number of rotatable bonds is 3. The first kappa shape index (κ1) is 21.8. The second-order valence-corrected chi connectivity index (χ2v) is 13.7. The number of hydrogen-bond donors (Lipinski definition) is 1. The van der Waals surface area contributed by atoms with E-state index in [0.717, 1.165) is 19.3 Å². The number of ether oxygens (including phenoxy) is 1. The summed E-state index contributed by atoms with van der Waals surface area (Å²) in [5.74, 6) is 2.61. The van der Waals surface area contributed by atoms with Gasteiger partial charge in [0.1, 0.15) is 0 Å². The Kier molecular flexibility index (Phi) is 5.50. The van der Waals surface area contributed by atoms with Crippen molar-refractivity contribution in [3.05, 3.63) is 9.66 Å². The van der Waals surface area contributed by atoms with Gasteiger partial charge in [-0.25, -0.2) is 0 Å². The topological polar surface area (TPSA) is 63.6 Å². The van der Waals surface area contributed by atoms with Gasteiger partial charge in [-0.2, -0.15) is 0 Å². The third kappa shape index (κ3) is 3.42. The first-order valence-electron chi connectivity index (χ1n) is 11.2. The third-order valence-corrected chi connectivity index (χ3v) is 12.8. The van der Waals surface area contributed by atoms with Crippen LogP contribution in [0.25, 0.3) is 0 Å². The molecule has 5 unspecified atom stereocenters. The molecule has 1 heterocycles. The average molecular weight is 515 g/mol. The summed E-state index contributed by atoms with van der Waals surface area (Å²) >= 11 is -0.0823. The van der Waals surface area contributed by atoms with Crippen LogP contribution < -0.4 is 21.2 Å². The van der Waals surface area contributed by atoms with Crippen molar-refractivity contribution >= 4 is 11.8 Å². The quantitative estimate of drug-likeness (QED) is 0.346. The predicted octanol–water partition coefficient (Wildman–Crippen LogP) is 0.961. The van der Waals surface area contributed by atoms with Gasteiger partial charge in [-0.05, 0) is 0 Å². The Bertz CT molecular complexity index is 743. The molecule has 2 saturated carbocycles. The van der Waals surface area contributed by atoms with Crippen molar-refractivity contribution in [2.24, 2.45) is 40.4 Å². The number of hydrogen-bond acceptors (Lipinski definition) is 4. The molecule has 4 rings (SSSR count). The molecular weight excluding hydrogens is 479 g/mol. The standard InChI is InChI=1S/C24H36IO4/c1-14-10-19-17-12-25-20-11-16(27)6-8-22(20,3)18(17)7-9-23(19,4)21(14)24(5,28)13-29-15(2)26/h11,14,17-19,21,28H,6-10,12-13H2,1-5H3/q-1/t14-,17?,18?,19?,21-,22?,23-,24?/m0/s1. The van der Waals surface area contributed by atoms with E-state index in [1.54, 1.807) is 0 Å². The predicted molar refractivity (Wildman–Crippen MR) is 108 cm³/mol.